The molecule has 32 heavy (non-hydrogen) atoms. The number of amides is 1. The molecule has 1 aliphatic heterocycles. The highest BCUT2D eigenvalue weighted by atomic mass is 19.1. The van der Waals surface area contributed by atoms with E-state index in [0.717, 1.165) is 22.5 Å². The number of halogens is 1. The van der Waals surface area contributed by atoms with Gasteiger partial charge in [-0.25, -0.2) is 4.39 Å². The maximum absolute atomic E-state index is 14.0. The third-order valence-electron chi connectivity index (χ3n) is 5.44. The molecular weight excluding hydrogens is 411 g/mol. The minimum Gasteiger partial charge on any atom is -0.497 e. The van der Waals surface area contributed by atoms with Crippen molar-refractivity contribution in [1.29, 1.82) is 0 Å². The number of ether oxygens (including phenoxy) is 2. The summed E-state index contributed by atoms with van der Waals surface area (Å²) in [5.41, 5.74) is 7.86. The molecular formula is C25H27FN2O4. The second-order valence-electron chi connectivity index (χ2n) is 9.05. The highest BCUT2D eigenvalue weighted by Crippen LogP contribution is 2.37. The quantitative estimate of drug-likeness (QED) is 0.611. The Morgan fingerprint density at radius 1 is 1.09 bits per heavy atom. The van der Waals surface area contributed by atoms with E-state index in [2.05, 4.69) is 4.90 Å². The summed E-state index contributed by atoms with van der Waals surface area (Å²) in [6, 6.07) is 11.9. The normalized spacial score (nSPS) is 14.0. The van der Waals surface area contributed by atoms with Crippen molar-refractivity contribution in [3.63, 3.8) is 0 Å². The Kier molecular flexibility index (Phi) is 5.69. The van der Waals surface area contributed by atoms with Gasteiger partial charge in [-0.1, -0.05) is 32.9 Å². The minimum absolute atomic E-state index is 0.146. The summed E-state index contributed by atoms with van der Waals surface area (Å²) in [7, 11) is 1.59. The molecule has 7 heteroatoms. The van der Waals surface area contributed by atoms with E-state index in [9.17, 15) is 9.18 Å². The molecule has 0 spiro atoms. The second-order valence-corrected chi connectivity index (χ2v) is 9.05. The van der Waals surface area contributed by atoms with E-state index in [-0.39, 0.29) is 17.0 Å². The molecule has 168 valence electrons. The molecule has 0 aliphatic carbocycles. The lowest BCUT2D eigenvalue weighted by molar-refractivity contribution is 0.0970. The van der Waals surface area contributed by atoms with Crippen LogP contribution in [0.15, 0.2) is 46.9 Å². The highest BCUT2D eigenvalue weighted by Gasteiger charge is 2.27. The molecule has 2 aromatic carbocycles. The smallest absolute Gasteiger partial charge is 0.284 e. The Morgan fingerprint density at radius 3 is 2.38 bits per heavy atom. The molecule has 1 aromatic heterocycles. The van der Waals surface area contributed by atoms with Gasteiger partial charge in [0, 0.05) is 53.9 Å². The van der Waals surface area contributed by atoms with Gasteiger partial charge in [0.05, 0.1) is 7.11 Å². The van der Waals surface area contributed by atoms with Crippen LogP contribution < -0.4 is 15.2 Å². The van der Waals surface area contributed by atoms with E-state index >= 15 is 0 Å². The van der Waals surface area contributed by atoms with Crippen molar-refractivity contribution in [2.45, 2.75) is 45.8 Å². The van der Waals surface area contributed by atoms with Gasteiger partial charge >= 0.3 is 0 Å². The van der Waals surface area contributed by atoms with Crippen LogP contribution in [0.4, 0.5) is 4.39 Å². The lowest BCUT2D eigenvalue weighted by atomic mass is 9.90. The highest BCUT2D eigenvalue weighted by molar-refractivity contribution is 5.90. The molecule has 2 N–H and O–H groups in total. The van der Waals surface area contributed by atoms with E-state index < -0.39 is 5.91 Å². The van der Waals surface area contributed by atoms with Gasteiger partial charge in [0.25, 0.3) is 5.91 Å². The van der Waals surface area contributed by atoms with Crippen LogP contribution in [-0.4, -0.2) is 17.9 Å². The summed E-state index contributed by atoms with van der Waals surface area (Å²) < 4.78 is 31.2. The van der Waals surface area contributed by atoms with E-state index in [1.165, 1.54) is 12.1 Å². The molecule has 0 saturated heterocycles. The number of fused-ring (bicyclic) bond motifs is 2. The SMILES string of the molecule is COc1ccc2c(c1)Oc1cc(F)ccc1CN(Cc1cc(C(N)=O)oc1C(C)(C)C)C2. The lowest BCUT2D eigenvalue weighted by Gasteiger charge is -2.28. The van der Waals surface area contributed by atoms with Crippen LogP contribution in [0, 0.1) is 5.82 Å². The fraction of sp³-hybridized carbons (Fsp3) is 0.320. The molecule has 0 fully saturated rings. The number of nitrogens with two attached hydrogens (primary N) is 1. The molecule has 0 unspecified atom stereocenters. The number of nitrogens with zero attached hydrogens (tertiary/aromatic N) is 1. The third kappa shape index (κ3) is 4.48. The van der Waals surface area contributed by atoms with Gasteiger partial charge in [-0.3, -0.25) is 9.69 Å². The summed E-state index contributed by atoms with van der Waals surface area (Å²) in [6.07, 6.45) is 0. The van der Waals surface area contributed by atoms with Crippen molar-refractivity contribution in [2.24, 2.45) is 5.73 Å². The maximum Gasteiger partial charge on any atom is 0.284 e. The number of furan rings is 1. The summed E-state index contributed by atoms with van der Waals surface area (Å²) >= 11 is 0. The largest absolute Gasteiger partial charge is 0.497 e. The zero-order valence-electron chi connectivity index (χ0n) is 18.7. The van der Waals surface area contributed by atoms with Gasteiger partial charge in [0.1, 0.15) is 28.8 Å². The van der Waals surface area contributed by atoms with Crippen LogP contribution in [0.2, 0.25) is 0 Å². The zero-order valence-corrected chi connectivity index (χ0v) is 18.7. The fourth-order valence-electron chi connectivity index (χ4n) is 3.95. The Labute approximate surface area is 186 Å². The molecule has 3 aromatic rings. The first-order valence-corrected chi connectivity index (χ1v) is 10.4. The summed E-state index contributed by atoms with van der Waals surface area (Å²) in [4.78, 5) is 14.0. The maximum atomic E-state index is 14.0. The molecule has 0 radical (unpaired) electrons. The lowest BCUT2D eigenvalue weighted by Crippen LogP contribution is -2.25. The topological polar surface area (TPSA) is 77.9 Å². The van der Waals surface area contributed by atoms with Gasteiger partial charge in [-0.15, -0.1) is 0 Å². The first kappa shape index (κ1) is 21.9. The van der Waals surface area contributed by atoms with Crippen molar-refractivity contribution < 1.29 is 23.1 Å². The van der Waals surface area contributed by atoms with Crippen molar-refractivity contribution in [1.82, 2.24) is 4.90 Å². The van der Waals surface area contributed by atoms with E-state index in [1.54, 1.807) is 25.3 Å². The van der Waals surface area contributed by atoms with Crippen LogP contribution >= 0.6 is 0 Å². The molecule has 4 rings (SSSR count). The van der Waals surface area contributed by atoms with Crippen molar-refractivity contribution >= 4 is 5.91 Å². The summed E-state index contributed by atoms with van der Waals surface area (Å²) in [5.74, 6) is 1.64. The number of primary amides is 1. The Morgan fingerprint density at radius 2 is 1.75 bits per heavy atom. The fourth-order valence-corrected chi connectivity index (χ4v) is 3.95. The number of methoxy groups -OCH3 is 1. The molecule has 0 bridgehead atoms. The number of rotatable bonds is 4. The molecule has 0 atom stereocenters. The van der Waals surface area contributed by atoms with Gasteiger partial charge < -0.3 is 19.6 Å². The van der Waals surface area contributed by atoms with E-state index in [0.29, 0.717) is 36.9 Å². The summed E-state index contributed by atoms with van der Waals surface area (Å²) in [5, 5.41) is 0. The third-order valence-corrected chi connectivity index (χ3v) is 5.44. The summed E-state index contributed by atoms with van der Waals surface area (Å²) in [6.45, 7) is 7.72. The van der Waals surface area contributed by atoms with Crippen LogP contribution in [0.5, 0.6) is 17.2 Å². The average molecular weight is 438 g/mol. The van der Waals surface area contributed by atoms with Crippen molar-refractivity contribution in [3.8, 4) is 17.2 Å². The first-order chi connectivity index (χ1) is 15.1. The molecule has 1 aliphatic rings. The monoisotopic (exact) mass is 438 g/mol. The van der Waals surface area contributed by atoms with E-state index in [4.69, 9.17) is 19.6 Å². The number of hydrogen-bond acceptors (Lipinski definition) is 5. The van der Waals surface area contributed by atoms with Gasteiger partial charge in [0.15, 0.2) is 5.76 Å². The second kappa shape index (κ2) is 8.31. The molecule has 2 heterocycles. The predicted octanol–water partition coefficient (Wildman–Crippen LogP) is 5.13. The van der Waals surface area contributed by atoms with Crippen molar-refractivity contribution in [3.05, 3.63) is 76.5 Å². The Bertz CT molecular complexity index is 1160. The number of hydrogen-bond donors (Lipinski definition) is 1. The van der Waals surface area contributed by atoms with Crippen LogP contribution in [-0.2, 0) is 25.0 Å². The van der Waals surface area contributed by atoms with Crippen LogP contribution in [0.1, 0.15) is 53.8 Å². The van der Waals surface area contributed by atoms with Crippen molar-refractivity contribution in [2.75, 3.05) is 7.11 Å². The predicted molar refractivity (Wildman–Crippen MR) is 118 cm³/mol. The van der Waals surface area contributed by atoms with Gasteiger partial charge in [0.2, 0.25) is 0 Å². The molecule has 1 amide bonds. The van der Waals surface area contributed by atoms with E-state index in [1.807, 2.05) is 32.9 Å². The Hall–Kier alpha value is -3.32. The molecule has 6 nitrogen and oxygen atoms in total. The number of benzene rings is 2. The number of carbonyl (C=O) groups excluding carboxylic acids is 1. The minimum atomic E-state index is -0.596. The first-order valence-electron chi connectivity index (χ1n) is 10.4. The zero-order chi connectivity index (χ0) is 23.0. The van der Waals surface area contributed by atoms with Crippen LogP contribution in [0.25, 0.3) is 0 Å². The standard InChI is InChI=1S/C25H27FN2O4/c1-25(2,3)23-17(9-22(32-23)24(27)29)14-28-12-15-5-7-18(26)10-20(15)31-21-11-19(30-4)8-6-16(21)13-28/h5-11H,12-14H2,1-4H3,(H2,27,29). The average Bonchev–Trinajstić information content (AvgIpc) is 3.14. The number of carbonyl (C=O) groups is 1. The van der Waals surface area contributed by atoms with Gasteiger partial charge in [-0.05, 0) is 18.2 Å². The Balaban J connectivity index is 1.76. The van der Waals surface area contributed by atoms with Crippen LogP contribution in [0.3, 0.4) is 0 Å². The molecule has 0 saturated carbocycles. The van der Waals surface area contributed by atoms with Gasteiger partial charge in [-0.2, -0.15) is 0 Å².